The van der Waals surface area contributed by atoms with Crippen molar-refractivity contribution in [3.8, 4) is 0 Å². The van der Waals surface area contributed by atoms with E-state index in [-0.39, 0.29) is 11.3 Å². The lowest BCUT2D eigenvalue weighted by Crippen LogP contribution is -2.21. The van der Waals surface area contributed by atoms with Crippen LogP contribution in [-0.2, 0) is 9.84 Å². The molecule has 0 bridgehead atoms. The van der Waals surface area contributed by atoms with Crippen molar-refractivity contribution in [2.45, 2.75) is 37.5 Å². The first-order chi connectivity index (χ1) is 8.04. The van der Waals surface area contributed by atoms with Crippen molar-refractivity contribution in [3.05, 3.63) is 16.1 Å². The monoisotopic (exact) mass is 274 g/mol. The first-order valence-corrected chi connectivity index (χ1v) is 8.42. The van der Waals surface area contributed by atoms with Crippen molar-refractivity contribution in [2.24, 2.45) is 0 Å². The maximum atomic E-state index is 12.0. The molecule has 1 aromatic heterocycles. The van der Waals surface area contributed by atoms with Gasteiger partial charge < -0.3 is 5.32 Å². The summed E-state index contributed by atoms with van der Waals surface area (Å²) in [5, 5.41) is 3.54. The maximum Gasteiger partial charge on any atom is 0.159 e. The largest absolute Gasteiger partial charge is 0.312 e. The molecular formula is C11H18N2O2S2. The molecule has 96 valence electrons. The summed E-state index contributed by atoms with van der Waals surface area (Å²) in [6, 6.07) is 0.229. The summed E-state index contributed by atoms with van der Waals surface area (Å²) in [5.41, 5.74) is 0. The Balaban J connectivity index is 2.25. The number of thiazole rings is 1. The van der Waals surface area contributed by atoms with E-state index in [1.165, 1.54) is 11.3 Å². The van der Waals surface area contributed by atoms with Gasteiger partial charge in [0, 0.05) is 17.1 Å². The molecule has 0 radical (unpaired) electrons. The third-order valence-corrected chi connectivity index (χ3v) is 6.88. The minimum Gasteiger partial charge on any atom is -0.312 e. The van der Waals surface area contributed by atoms with Crippen LogP contribution in [0.25, 0.3) is 0 Å². The Labute approximate surface area is 106 Å². The fourth-order valence-electron chi connectivity index (χ4n) is 2.02. The molecule has 1 aromatic rings. The molecule has 0 spiro atoms. The van der Waals surface area contributed by atoms with Gasteiger partial charge in [0.2, 0.25) is 0 Å². The number of nitrogens with one attached hydrogen (secondary N) is 1. The van der Waals surface area contributed by atoms with E-state index in [1.807, 2.05) is 14.0 Å². The average molecular weight is 274 g/mol. The van der Waals surface area contributed by atoms with Crippen molar-refractivity contribution in [2.75, 3.05) is 12.8 Å². The molecule has 2 rings (SSSR count). The highest BCUT2D eigenvalue weighted by Gasteiger charge is 2.32. The number of hydrogen-bond donors (Lipinski definition) is 1. The van der Waals surface area contributed by atoms with E-state index in [0.717, 1.165) is 29.1 Å². The minimum absolute atomic E-state index is 0.229. The molecule has 2 atom stereocenters. The molecule has 2 unspecified atom stereocenters. The summed E-state index contributed by atoms with van der Waals surface area (Å²) in [6.07, 6.45) is 4.30. The molecule has 6 heteroatoms. The Kier molecular flexibility index (Phi) is 3.85. The van der Waals surface area contributed by atoms with Gasteiger partial charge in [-0.05, 0) is 26.8 Å². The molecule has 1 N–H and O–H groups in total. The van der Waals surface area contributed by atoms with Crippen molar-refractivity contribution >= 4 is 21.2 Å². The molecule has 0 amide bonds. The second-order valence-corrected chi connectivity index (χ2v) is 7.86. The third kappa shape index (κ3) is 2.69. The average Bonchev–Trinajstić information content (AvgIpc) is 2.76. The summed E-state index contributed by atoms with van der Waals surface area (Å²) in [5.74, 6) is 0.314. The Morgan fingerprint density at radius 1 is 1.53 bits per heavy atom. The molecule has 2 heterocycles. The van der Waals surface area contributed by atoms with Gasteiger partial charge in [-0.2, -0.15) is 0 Å². The molecule has 1 fully saturated rings. The second kappa shape index (κ2) is 5.04. The second-order valence-electron chi connectivity index (χ2n) is 4.46. The Morgan fingerprint density at radius 3 is 2.94 bits per heavy atom. The number of rotatable bonds is 3. The van der Waals surface area contributed by atoms with E-state index in [0.29, 0.717) is 5.75 Å². The van der Waals surface area contributed by atoms with Crippen molar-refractivity contribution < 1.29 is 8.42 Å². The number of hydrogen-bond acceptors (Lipinski definition) is 5. The fourth-order valence-corrected chi connectivity index (χ4v) is 5.39. The summed E-state index contributed by atoms with van der Waals surface area (Å²) in [7, 11) is -1.08. The SMILES string of the molecule is CNC(C)c1cnc(C2CCCCS2(=O)=O)s1. The van der Waals surface area contributed by atoms with Crippen LogP contribution < -0.4 is 5.32 Å². The third-order valence-electron chi connectivity index (χ3n) is 3.26. The predicted octanol–water partition coefficient (Wildman–Crippen LogP) is 2.06. The van der Waals surface area contributed by atoms with Crippen LogP contribution in [0.4, 0.5) is 0 Å². The topological polar surface area (TPSA) is 59.1 Å². The molecule has 1 aliphatic rings. The van der Waals surface area contributed by atoms with Gasteiger partial charge in [-0.3, -0.25) is 0 Å². The normalized spacial score (nSPS) is 25.6. The van der Waals surface area contributed by atoms with Gasteiger partial charge in [-0.15, -0.1) is 11.3 Å². The van der Waals surface area contributed by atoms with E-state index in [2.05, 4.69) is 10.3 Å². The van der Waals surface area contributed by atoms with Gasteiger partial charge in [-0.25, -0.2) is 13.4 Å². The van der Waals surface area contributed by atoms with Gasteiger partial charge in [-0.1, -0.05) is 6.42 Å². The molecule has 1 saturated heterocycles. The Bertz CT molecular complexity index is 481. The number of nitrogens with zero attached hydrogens (tertiary/aromatic N) is 1. The van der Waals surface area contributed by atoms with Gasteiger partial charge in [0.05, 0.1) is 5.75 Å². The summed E-state index contributed by atoms with van der Waals surface area (Å²) in [4.78, 5) is 5.40. The lowest BCUT2D eigenvalue weighted by Gasteiger charge is -2.20. The van der Waals surface area contributed by atoms with Crippen LogP contribution in [0, 0.1) is 0 Å². The van der Waals surface area contributed by atoms with E-state index in [1.54, 1.807) is 6.20 Å². The highest BCUT2D eigenvalue weighted by atomic mass is 32.2. The zero-order valence-corrected chi connectivity index (χ0v) is 11.8. The van der Waals surface area contributed by atoms with E-state index >= 15 is 0 Å². The fraction of sp³-hybridized carbons (Fsp3) is 0.727. The number of sulfone groups is 1. The van der Waals surface area contributed by atoms with Crippen LogP contribution >= 0.6 is 11.3 Å². The molecule has 0 aliphatic carbocycles. The van der Waals surface area contributed by atoms with Gasteiger partial charge >= 0.3 is 0 Å². The number of aromatic nitrogens is 1. The first-order valence-electron chi connectivity index (χ1n) is 5.89. The van der Waals surface area contributed by atoms with Crippen molar-refractivity contribution in [3.63, 3.8) is 0 Å². The van der Waals surface area contributed by atoms with Crippen LogP contribution in [0.2, 0.25) is 0 Å². The first kappa shape index (κ1) is 13.0. The van der Waals surface area contributed by atoms with Gasteiger partial charge in [0.1, 0.15) is 10.3 Å². The summed E-state index contributed by atoms with van der Waals surface area (Å²) < 4.78 is 24.0. The lowest BCUT2D eigenvalue weighted by molar-refractivity contribution is 0.545. The Morgan fingerprint density at radius 2 is 2.29 bits per heavy atom. The van der Waals surface area contributed by atoms with Crippen LogP contribution in [0.3, 0.4) is 0 Å². The molecule has 1 aliphatic heterocycles. The zero-order chi connectivity index (χ0) is 12.5. The van der Waals surface area contributed by atoms with E-state index in [4.69, 9.17) is 0 Å². The van der Waals surface area contributed by atoms with E-state index in [9.17, 15) is 8.42 Å². The van der Waals surface area contributed by atoms with Crippen molar-refractivity contribution in [1.82, 2.24) is 10.3 Å². The Hall–Kier alpha value is -0.460. The smallest absolute Gasteiger partial charge is 0.159 e. The highest BCUT2D eigenvalue weighted by Crippen LogP contribution is 2.36. The zero-order valence-electron chi connectivity index (χ0n) is 10.1. The van der Waals surface area contributed by atoms with E-state index < -0.39 is 9.84 Å². The van der Waals surface area contributed by atoms with Gasteiger partial charge in [0.15, 0.2) is 9.84 Å². The van der Waals surface area contributed by atoms with Crippen LogP contribution in [0.1, 0.15) is 47.4 Å². The summed E-state index contributed by atoms with van der Waals surface area (Å²) >= 11 is 1.52. The standard InChI is InChI=1S/C11H18N2O2S2/c1-8(12-2)9-7-13-11(16-9)10-5-3-4-6-17(10,14)15/h7-8,10,12H,3-6H2,1-2H3. The maximum absolute atomic E-state index is 12.0. The predicted molar refractivity (Wildman–Crippen MR) is 70.0 cm³/mol. The van der Waals surface area contributed by atoms with Crippen LogP contribution in [0.15, 0.2) is 6.20 Å². The quantitative estimate of drug-likeness (QED) is 0.916. The highest BCUT2D eigenvalue weighted by molar-refractivity contribution is 7.91. The van der Waals surface area contributed by atoms with Crippen molar-refractivity contribution in [1.29, 1.82) is 0 Å². The lowest BCUT2D eigenvalue weighted by atomic mass is 10.2. The molecular weight excluding hydrogens is 256 g/mol. The molecule has 17 heavy (non-hydrogen) atoms. The van der Waals surface area contributed by atoms with Crippen LogP contribution in [0.5, 0.6) is 0 Å². The molecule has 0 aromatic carbocycles. The van der Waals surface area contributed by atoms with Gasteiger partial charge in [0.25, 0.3) is 0 Å². The van der Waals surface area contributed by atoms with Crippen LogP contribution in [-0.4, -0.2) is 26.2 Å². The minimum atomic E-state index is -2.97. The molecule has 4 nitrogen and oxygen atoms in total. The molecule has 0 saturated carbocycles. The summed E-state index contributed by atoms with van der Waals surface area (Å²) in [6.45, 7) is 2.05.